The maximum atomic E-state index is 14.7. The number of H-pyrrole nitrogens is 1. The van der Waals surface area contributed by atoms with Gasteiger partial charge >= 0.3 is 0 Å². The first-order valence-electron chi connectivity index (χ1n) is 27.3. The van der Waals surface area contributed by atoms with E-state index >= 15 is 0 Å². The first-order valence-corrected chi connectivity index (χ1v) is 27.3. The highest BCUT2D eigenvalue weighted by atomic mass is 16.5. The Labute approximate surface area is 455 Å². The number of amides is 9. The lowest BCUT2D eigenvalue weighted by molar-refractivity contribution is -0.148. The van der Waals surface area contributed by atoms with Crippen LogP contribution in [0.2, 0.25) is 0 Å². The van der Waals surface area contributed by atoms with Crippen LogP contribution in [0.4, 0.5) is 0 Å². The van der Waals surface area contributed by atoms with Crippen LogP contribution >= 0.6 is 0 Å². The van der Waals surface area contributed by atoms with Crippen molar-refractivity contribution >= 4 is 64.1 Å². The number of aromatic amines is 1. The lowest BCUT2D eigenvalue weighted by atomic mass is 9.89. The molecule has 9 unspecified atom stereocenters. The van der Waals surface area contributed by atoms with Crippen LogP contribution < -0.4 is 21.8 Å². The number of nitrogens with two attached hydrogens (primary N) is 1. The predicted molar refractivity (Wildman–Crippen MR) is 292 cm³/mol. The van der Waals surface area contributed by atoms with E-state index in [4.69, 9.17) is 15.2 Å². The molecule has 2 aliphatic rings. The first-order chi connectivity index (χ1) is 36.5. The lowest BCUT2D eigenvalue weighted by Crippen LogP contribution is -2.60. The van der Waals surface area contributed by atoms with E-state index in [0.29, 0.717) is 58.0 Å². The van der Waals surface area contributed by atoms with Crippen LogP contribution in [0.5, 0.6) is 0 Å². The summed E-state index contributed by atoms with van der Waals surface area (Å²) in [6.07, 6.45) is 7.23. The van der Waals surface area contributed by atoms with Crippen LogP contribution in [0.3, 0.4) is 0 Å². The van der Waals surface area contributed by atoms with Gasteiger partial charge in [0.05, 0.1) is 42.7 Å². The normalized spacial score (nSPS) is 17.8. The number of methoxy groups -OCH3 is 2. The number of aromatic nitrogens is 1. The van der Waals surface area contributed by atoms with E-state index in [1.807, 2.05) is 70.7 Å². The number of primary amides is 1. The summed E-state index contributed by atoms with van der Waals surface area (Å²) in [5.41, 5.74) is 10.1. The van der Waals surface area contributed by atoms with Gasteiger partial charge in [-0.05, 0) is 75.1 Å². The van der Waals surface area contributed by atoms with Gasteiger partial charge in [0.2, 0.25) is 41.4 Å². The fourth-order valence-corrected chi connectivity index (χ4v) is 10.8. The smallest absolute Gasteiger partial charge is 0.253 e. The van der Waals surface area contributed by atoms with Gasteiger partial charge in [-0.25, -0.2) is 0 Å². The Kier molecular flexibility index (Phi) is 24.8. The topological polar surface area (TPSA) is 266 Å². The maximum absolute atomic E-state index is 14.7. The summed E-state index contributed by atoms with van der Waals surface area (Å²) < 4.78 is 12.1. The number of likely N-dealkylation sites (N-methyl/N-ethyl adjacent to an activating group) is 2. The van der Waals surface area contributed by atoms with Gasteiger partial charge in [-0.3, -0.25) is 63.4 Å². The number of unbranched alkanes of at least 4 members (excludes halogenated alkanes) is 2. The van der Waals surface area contributed by atoms with E-state index in [1.165, 1.54) is 33.4 Å². The molecule has 1 aromatic carbocycles. The zero-order chi connectivity index (χ0) is 57.3. The Hall–Kier alpha value is -6.19. The number of para-hydroxylation sites is 1. The Balaban J connectivity index is 1.34. The van der Waals surface area contributed by atoms with Gasteiger partial charge < -0.3 is 40.6 Å². The molecule has 4 rings (SSSR count). The highest BCUT2D eigenvalue weighted by molar-refractivity contribution is 6.12. The summed E-state index contributed by atoms with van der Waals surface area (Å²) >= 11 is 0. The second kappa shape index (κ2) is 30.1. The van der Waals surface area contributed by atoms with Crippen molar-refractivity contribution in [2.75, 3.05) is 55.0 Å². The maximum Gasteiger partial charge on any atom is 0.253 e. The van der Waals surface area contributed by atoms with Gasteiger partial charge in [-0.2, -0.15) is 0 Å². The van der Waals surface area contributed by atoms with Gasteiger partial charge in [0.15, 0.2) is 0 Å². The molecule has 9 amide bonds. The molecule has 21 nitrogen and oxygen atoms in total. The van der Waals surface area contributed by atoms with Crippen LogP contribution in [-0.2, 0) is 59.0 Å². The number of nitrogens with one attached hydrogen (secondary N) is 4. The van der Waals surface area contributed by atoms with Crippen molar-refractivity contribution in [1.29, 1.82) is 0 Å². The molecule has 1 fully saturated rings. The van der Waals surface area contributed by atoms with Crippen molar-refractivity contribution in [3.63, 3.8) is 0 Å². The molecule has 0 bridgehead atoms. The van der Waals surface area contributed by atoms with Crippen molar-refractivity contribution in [1.82, 2.24) is 45.7 Å². The highest BCUT2D eigenvalue weighted by Gasteiger charge is 2.44. The zero-order valence-electron chi connectivity index (χ0n) is 47.6. The number of nitrogens with zero attached hydrogens (tertiary/aromatic N) is 5. The number of hydrogen-bond acceptors (Lipinski definition) is 12. The van der Waals surface area contributed by atoms with Crippen LogP contribution in [-0.4, -0.2) is 180 Å². The molecule has 2 aliphatic heterocycles. The third-order valence-corrected chi connectivity index (χ3v) is 15.4. The first kappa shape index (κ1) is 63.3. The molecule has 1 aromatic heterocycles. The number of carbonyl (C=O) groups is 9. The SMILES string of the molecule is CCC(C)C(C(CC(=O)N1CCCC1C(OC)C(C)C(=O)NC(Cc1c[nH]c2ccccc12)C(N)=O)OC)N(C)C(=O)C(NC(=O)C(C(C)C)N(C)CCCC(=O)N(C)NC(=O)CCCCCN1C(=O)C=CC1=O)C(C)C. The van der Waals surface area contributed by atoms with Crippen LogP contribution in [0.1, 0.15) is 118 Å². The van der Waals surface area contributed by atoms with E-state index < -0.39 is 60.1 Å². The molecule has 428 valence electrons. The molecule has 77 heavy (non-hydrogen) atoms. The minimum absolute atomic E-state index is 0.0678. The average Bonchev–Trinajstić information content (AvgIpc) is 4.12. The van der Waals surface area contributed by atoms with Crippen molar-refractivity contribution in [3.05, 3.63) is 48.2 Å². The molecular formula is C56H88N10O11. The summed E-state index contributed by atoms with van der Waals surface area (Å²) in [7, 11) is 7.98. The predicted octanol–water partition coefficient (Wildman–Crippen LogP) is 3.45. The van der Waals surface area contributed by atoms with E-state index in [2.05, 4.69) is 21.0 Å². The van der Waals surface area contributed by atoms with E-state index in [9.17, 15) is 43.2 Å². The summed E-state index contributed by atoms with van der Waals surface area (Å²) in [6, 6.07) is 4.06. The number of fused-ring (bicyclic) bond motifs is 1. The Morgan fingerprint density at radius 1 is 0.844 bits per heavy atom. The lowest BCUT2D eigenvalue weighted by Gasteiger charge is -2.41. The van der Waals surface area contributed by atoms with E-state index in [-0.39, 0.29) is 91.3 Å². The Bertz CT molecular complexity index is 2370. The number of likely N-dealkylation sites (tertiary alicyclic amines) is 1. The van der Waals surface area contributed by atoms with Gasteiger partial charge in [-0.1, -0.05) is 79.5 Å². The number of benzene rings is 1. The standard InChI is InChI=1S/C56H88N10O11/c1-13-36(6)51(43(76-11)32-48(71)65-30-19-23-42(65)52(77-12)37(7)54(73)59-41(53(57)72)31-38-33-58-40-22-17-16-21-39(38)40)63(9)56(75)49(34(2)3)60-55(74)50(35(4)5)62(8)28-20-25-45(68)64(10)61-44(67)24-15-14-18-29-66-46(69)26-27-47(66)70/h16-17,21-22,26-27,33-37,41-43,49-52,58H,13-15,18-20,23-25,28-32H2,1-12H3,(H2,57,72)(H,59,73)(H,60,74)(H,61,67). The fourth-order valence-electron chi connectivity index (χ4n) is 10.8. The minimum atomic E-state index is -0.986. The molecule has 6 N–H and O–H groups in total. The quantitative estimate of drug-likeness (QED) is 0.0413. The molecule has 0 aliphatic carbocycles. The number of imide groups is 1. The molecule has 9 atom stereocenters. The highest BCUT2D eigenvalue weighted by Crippen LogP contribution is 2.30. The monoisotopic (exact) mass is 1080 g/mol. The molecule has 0 spiro atoms. The molecule has 0 saturated carbocycles. The van der Waals surface area contributed by atoms with Gasteiger partial charge in [0, 0.05) is 89.9 Å². The summed E-state index contributed by atoms with van der Waals surface area (Å²) in [4.78, 5) is 129. The van der Waals surface area contributed by atoms with Gasteiger partial charge in [0.1, 0.15) is 12.1 Å². The Morgan fingerprint density at radius 2 is 1.52 bits per heavy atom. The number of carbonyl (C=O) groups excluding carboxylic acids is 9. The third-order valence-electron chi connectivity index (χ3n) is 15.4. The molecular weight excluding hydrogens is 989 g/mol. The number of hydrazine groups is 1. The molecule has 0 radical (unpaired) electrons. The van der Waals surface area contributed by atoms with Crippen molar-refractivity contribution in [2.24, 2.45) is 29.4 Å². The number of rotatable bonds is 31. The second-order valence-electron chi connectivity index (χ2n) is 21.6. The third kappa shape index (κ3) is 17.2. The fraction of sp³-hybridized carbons (Fsp3) is 0.661. The van der Waals surface area contributed by atoms with Crippen LogP contribution in [0, 0.1) is 23.7 Å². The van der Waals surface area contributed by atoms with E-state index in [1.54, 1.807) is 37.0 Å². The van der Waals surface area contributed by atoms with Crippen LogP contribution in [0.15, 0.2) is 42.6 Å². The summed E-state index contributed by atoms with van der Waals surface area (Å²) in [5, 5.41) is 7.99. The summed E-state index contributed by atoms with van der Waals surface area (Å²) in [6.45, 7) is 14.4. The average molecular weight is 1080 g/mol. The van der Waals surface area contributed by atoms with Gasteiger partial charge in [0.25, 0.3) is 11.8 Å². The van der Waals surface area contributed by atoms with Crippen molar-refractivity contribution in [3.8, 4) is 0 Å². The number of ether oxygens (including phenoxy) is 2. The van der Waals surface area contributed by atoms with Crippen molar-refractivity contribution in [2.45, 2.75) is 162 Å². The minimum Gasteiger partial charge on any atom is -0.379 e. The largest absolute Gasteiger partial charge is 0.379 e. The van der Waals surface area contributed by atoms with E-state index in [0.717, 1.165) is 26.4 Å². The van der Waals surface area contributed by atoms with Crippen molar-refractivity contribution < 1.29 is 52.6 Å². The molecule has 21 heteroatoms. The molecule has 1 saturated heterocycles. The number of hydrogen-bond donors (Lipinski definition) is 5. The van der Waals surface area contributed by atoms with Crippen LogP contribution in [0.25, 0.3) is 10.9 Å². The zero-order valence-corrected chi connectivity index (χ0v) is 47.6. The summed E-state index contributed by atoms with van der Waals surface area (Å²) in [5.74, 6) is -4.70. The molecule has 3 heterocycles. The van der Waals surface area contributed by atoms with Gasteiger partial charge in [-0.15, -0.1) is 0 Å². The Morgan fingerprint density at radius 3 is 2.13 bits per heavy atom. The second-order valence-corrected chi connectivity index (χ2v) is 21.6. The molecule has 2 aromatic rings.